The first-order chi connectivity index (χ1) is 7.37. The highest BCUT2D eigenvalue weighted by atomic mass is 35.5. The molecule has 0 radical (unpaired) electrons. The monoisotopic (exact) mass is 242 g/mol. The molecule has 86 valence electrons. The quantitative estimate of drug-likeness (QED) is 0.866. The number of rotatable bonds is 2. The van der Waals surface area contributed by atoms with Crippen LogP contribution >= 0.6 is 11.6 Å². The minimum Gasteiger partial charge on any atom is -0.481 e. The molecule has 0 bridgehead atoms. The van der Waals surface area contributed by atoms with Crippen LogP contribution in [0.4, 0.5) is 0 Å². The fraction of sp³-hybridized carbons (Fsp3) is 0.364. The Morgan fingerprint density at radius 2 is 1.94 bits per heavy atom. The number of hydrogen-bond acceptors (Lipinski definition) is 3. The molecule has 0 fully saturated rings. The molecular weight excluding hydrogens is 232 g/mol. The largest absolute Gasteiger partial charge is 0.481 e. The van der Waals surface area contributed by atoms with Crippen molar-refractivity contribution < 1.29 is 19.4 Å². The molecule has 5 heteroatoms. The van der Waals surface area contributed by atoms with Crippen LogP contribution in [0.15, 0.2) is 12.1 Å². The number of hydrogen-bond donors (Lipinski definition) is 1. The molecule has 0 aromatic heterocycles. The molecule has 0 aliphatic carbocycles. The van der Waals surface area contributed by atoms with Gasteiger partial charge in [-0.15, -0.1) is 0 Å². The lowest BCUT2D eigenvalue weighted by atomic mass is 10.1. The minimum atomic E-state index is -0.931. The normalized spacial score (nSPS) is 16.2. The smallest absolute Gasteiger partial charge is 0.307 e. The van der Waals surface area contributed by atoms with Crippen molar-refractivity contribution in [2.24, 2.45) is 0 Å². The van der Waals surface area contributed by atoms with Gasteiger partial charge in [-0.25, -0.2) is 0 Å². The van der Waals surface area contributed by atoms with Gasteiger partial charge in [-0.05, 0) is 11.6 Å². The summed E-state index contributed by atoms with van der Waals surface area (Å²) in [5, 5.41) is 9.09. The zero-order chi connectivity index (χ0) is 11.9. The number of carbonyl (C=O) groups is 1. The van der Waals surface area contributed by atoms with E-state index in [9.17, 15) is 4.79 Å². The van der Waals surface area contributed by atoms with Gasteiger partial charge in [-0.1, -0.05) is 11.6 Å². The van der Waals surface area contributed by atoms with Gasteiger partial charge in [0.2, 0.25) is 5.79 Å². The Kier molecular flexibility index (Phi) is 2.46. The third kappa shape index (κ3) is 2.07. The second kappa shape index (κ2) is 3.56. The van der Waals surface area contributed by atoms with Gasteiger partial charge in [-0.3, -0.25) is 4.79 Å². The molecule has 0 atom stereocenters. The molecule has 1 aliphatic heterocycles. The molecule has 0 unspecified atom stereocenters. The first-order valence-electron chi connectivity index (χ1n) is 4.80. The molecular formula is C11H11ClO4. The fourth-order valence-electron chi connectivity index (χ4n) is 1.59. The molecule has 0 saturated carbocycles. The lowest BCUT2D eigenvalue weighted by Crippen LogP contribution is -2.29. The van der Waals surface area contributed by atoms with Crippen molar-refractivity contribution in [1.82, 2.24) is 0 Å². The highest BCUT2D eigenvalue weighted by Crippen LogP contribution is 2.42. The second-order valence-corrected chi connectivity index (χ2v) is 4.47. The molecule has 4 nitrogen and oxygen atoms in total. The van der Waals surface area contributed by atoms with E-state index in [0.717, 1.165) is 0 Å². The van der Waals surface area contributed by atoms with Crippen molar-refractivity contribution in [1.29, 1.82) is 0 Å². The Morgan fingerprint density at radius 1 is 1.38 bits per heavy atom. The van der Waals surface area contributed by atoms with Gasteiger partial charge < -0.3 is 14.6 Å². The maximum Gasteiger partial charge on any atom is 0.307 e. The number of carboxylic acid groups (broad SMARTS) is 1. The van der Waals surface area contributed by atoms with Crippen LogP contribution in [0.3, 0.4) is 0 Å². The summed E-state index contributed by atoms with van der Waals surface area (Å²) in [6.45, 7) is 3.55. The number of carboxylic acids is 1. The van der Waals surface area contributed by atoms with Crippen LogP contribution in [-0.4, -0.2) is 16.9 Å². The molecule has 1 heterocycles. The highest BCUT2D eigenvalue weighted by molar-refractivity contribution is 6.31. The summed E-state index contributed by atoms with van der Waals surface area (Å²) >= 11 is 5.95. The van der Waals surface area contributed by atoms with E-state index >= 15 is 0 Å². The average molecular weight is 243 g/mol. The van der Waals surface area contributed by atoms with Gasteiger partial charge in [0.15, 0.2) is 11.5 Å². The number of fused-ring (bicyclic) bond motifs is 1. The molecule has 0 amide bonds. The summed E-state index contributed by atoms with van der Waals surface area (Å²) in [5.74, 6) is -0.581. The van der Waals surface area contributed by atoms with Crippen LogP contribution in [0, 0.1) is 0 Å². The first kappa shape index (κ1) is 11.1. The molecule has 1 aromatic carbocycles. The van der Waals surface area contributed by atoms with E-state index in [2.05, 4.69) is 0 Å². The van der Waals surface area contributed by atoms with E-state index < -0.39 is 11.8 Å². The predicted molar refractivity (Wildman–Crippen MR) is 58.1 cm³/mol. The summed E-state index contributed by atoms with van der Waals surface area (Å²) in [4.78, 5) is 10.6. The summed E-state index contributed by atoms with van der Waals surface area (Å²) in [5.41, 5.74) is 0.522. The van der Waals surface area contributed by atoms with Crippen molar-refractivity contribution in [3.63, 3.8) is 0 Å². The van der Waals surface area contributed by atoms with Crippen LogP contribution in [0.25, 0.3) is 0 Å². The topological polar surface area (TPSA) is 55.8 Å². The third-order valence-corrected chi connectivity index (χ3v) is 2.52. The van der Waals surface area contributed by atoms with E-state index in [0.29, 0.717) is 22.1 Å². The summed E-state index contributed by atoms with van der Waals surface area (Å²) < 4.78 is 11.0. The van der Waals surface area contributed by atoms with Crippen molar-refractivity contribution in [3.8, 4) is 11.5 Å². The number of aliphatic carboxylic acids is 1. The summed E-state index contributed by atoms with van der Waals surface area (Å²) in [7, 11) is 0. The van der Waals surface area contributed by atoms with Gasteiger partial charge in [0, 0.05) is 24.9 Å². The Hall–Kier alpha value is -1.42. The predicted octanol–water partition coefficient (Wildman–Crippen LogP) is 2.47. The van der Waals surface area contributed by atoms with E-state index in [4.69, 9.17) is 26.2 Å². The Balaban J connectivity index is 2.37. The minimum absolute atomic E-state index is 0.129. The fourth-order valence-corrected chi connectivity index (χ4v) is 1.81. The van der Waals surface area contributed by atoms with Crippen LogP contribution in [0.2, 0.25) is 5.02 Å². The Morgan fingerprint density at radius 3 is 2.50 bits per heavy atom. The van der Waals surface area contributed by atoms with Gasteiger partial charge in [0.1, 0.15) is 0 Å². The van der Waals surface area contributed by atoms with Gasteiger partial charge >= 0.3 is 5.97 Å². The molecule has 0 saturated heterocycles. The standard InChI is InChI=1S/C11H11ClO4/c1-11(2)15-8-3-6(4-10(13)14)7(12)5-9(8)16-11/h3,5H,4H2,1-2H3,(H,13,14). The molecule has 0 spiro atoms. The van der Waals surface area contributed by atoms with Crippen LogP contribution in [0.1, 0.15) is 19.4 Å². The Labute approximate surface area is 97.7 Å². The SMILES string of the molecule is CC1(C)Oc2cc(Cl)c(CC(=O)O)cc2O1. The zero-order valence-corrected chi connectivity index (χ0v) is 9.67. The van der Waals surface area contributed by atoms with Crippen molar-refractivity contribution in [3.05, 3.63) is 22.7 Å². The van der Waals surface area contributed by atoms with Crippen molar-refractivity contribution >= 4 is 17.6 Å². The second-order valence-electron chi connectivity index (χ2n) is 4.06. The molecule has 1 aliphatic rings. The van der Waals surface area contributed by atoms with Crippen molar-refractivity contribution in [2.75, 3.05) is 0 Å². The summed E-state index contributed by atoms with van der Waals surface area (Å²) in [6, 6.07) is 3.20. The van der Waals surface area contributed by atoms with Crippen LogP contribution < -0.4 is 9.47 Å². The number of benzene rings is 1. The van der Waals surface area contributed by atoms with E-state index in [1.54, 1.807) is 26.0 Å². The van der Waals surface area contributed by atoms with E-state index in [-0.39, 0.29) is 6.42 Å². The zero-order valence-electron chi connectivity index (χ0n) is 8.91. The summed E-state index contributed by atoms with van der Waals surface area (Å²) in [6.07, 6.45) is -0.129. The highest BCUT2D eigenvalue weighted by Gasteiger charge is 2.32. The van der Waals surface area contributed by atoms with Gasteiger partial charge in [0.25, 0.3) is 0 Å². The Bertz CT molecular complexity index is 454. The maximum absolute atomic E-state index is 10.6. The molecule has 1 aromatic rings. The van der Waals surface area contributed by atoms with Gasteiger partial charge in [-0.2, -0.15) is 0 Å². The average Bonchev–Trinajstić information content (AvgIpc) is 2.38. The van der Waals surface area contributed by atoms with E-state index in [1.807, 2.05) is 0 Å². The van der Waals surface area contributed by atoms with E-state index in [1.165, 1.54) is 0 Å². The lowest BCUT2D eigenvalue weighted by molar-refractivity contribution is -0.136. The molecule has 16 heavy (non-hydrogen) atoms. The van der Waals surface area contributed by atoms with Crippen molar-refractivity contribution in [2.45, 2.75) is 26.1 Å². The third-order valence-electron chi connectivity index (χ3n) is 2.17. The molecule has 2 rings (SSSR count). The number of ether oxygens (including phenoxy) is 2. The lowest BCUT2D eigenvalue weighted by Gasteiger charge is -2.16. The number of halogens is 1. The first-order valence-corrected chi connectivity index (χ1v) is 5.17. The van der Waals surface area contributed by atoms with Crippen LogP contribution in [0.5, 0.6) is 11.5 Å². The maximum atomic E-state index is 10.6. The molecule has 1 N–H and O–H groups in total. The van der Waals surface area contributed by atoms with Crippen LogP contribution in [-0.2, 0) is 11.2 Å². The van der Waals surface area contributed by atoms with Gasteiger partial charge in [0.05, 0.1) is 6.42 Å².